The molecule has 1 aliphatic heterocycles. The van der Waals surface area contributed by atoms with E-state index in [2.05, 4.69) is 24.4 Å². The molecule has 1 fully saturated rings. The third-order valence-electron chi connectivity index (χ3n) is 5.60. The number of aryl methyl sites for hydroxylation is 1. The van der Waals surface area contributed by atoms with Gasteiger partial charge in [0.1, 0.15) is 0 Å². The smallest absolute Gasteiger partial charge is 0.315 e. The first-order valence-electron chi connectivity index (χ1n) is 10.0. The Kier molecular flexibility index (Phi) is 5.38. The van der Waals surface area contributed by atoms with Gasteiger partial charge in [0.2, 0.25) is 0 Å². The summed E-state index contributed by atoms with van der Waals surface area (Å²) < 4.78 is 0. The molecule has 0 bridgehead atoms. The predicted octanol–water partition coefficient (Wildman–Crippen LogP) is 3.88. The van der Waals surface area contributed by atoms with Gasteiger partial charge in [0, 0.05) is 6.54 Å². The standard InChI is InChI=1S/C25H25N3O2/c1-19-11-9-10-12-20(19)17-27(2)18-28-23(29)25(26-24(28)30,21-13-5-3-6-14-21)22-15-7-4-8-16-22/h3-16H,17-18H2,1-2H3,(H,26,30). The molecule has 0 aliphatic carbocycles. The van der Waals surface area contributed by atoms with Gasteiger partial charge in [-0.2, -0.15) is 0 Å². The van der Waals surface area contributed by atoms with Crippen LogP contribution in [0.2, 0.25) is 0 Å². The van der Waals surface area contributed by atoms with Gasteiger partial charge < -0.3 is 5.32 Å². The van der Waals surface area contributed by atoms with Gasteiger partial charge in [-0.1, -0.05) is 84.9 Å². The van der Waals surface area contributed by atoms with Crippen molar-refractivity contribution >= 4 is 11.9 Å². The van der Waals surface area contributed by atoms with Crippen molar-refractivity contribution < 1.29 is 9.59 Å². The van der Waals surface area contributed by atoms with Gasteiger partial charge in [0.25, 0.3) is 5.91 Å². The number of nitrogens with one attached hydrogen (secondary N) is 1. The summed E-state index contributed by atoms with van der Waals surface area (Å²) in [7, 11) is 1.91. The largest absolute Gasteiger partial charge is 0.326 e. The van der Waals surface area contributed by atoms with Crippen LogP contribution < -0.4 is 5.32 Å². The first-order valence-corrected chi connectivity index (χ1v) is 10.0. The van der Waals surface area contributed by atoms with Crippen molar-refractivity contribution in [1.82, 2.24) is 15.1 Å². The van der Waals surface area contributed by atoms with E-state index in [0.29, 0.717) is 6.54 Å². The molecule has 3 aromatic carbocycles. The summed E-state index contributed by atoms with van der Waals surface area (Å²) in [5.74, 6) is -0.262. The third-order valence-corrected chi connectivity index (χ3v) is 5.60. The fourth-order valence-corrected chi connectivity index (χ4v) is 4.01. The molecule has 152 valence electrons. The van der Waals surface area contributed by atoms with E-state index in [1.54, 1.807) is 0 Å². The molecule has 0 aromatic heterocycles. The highest BCUT2D eigenvalue weighted by Gasteiger charge is 2.53. The third kappa shape index (κ3) is 3.48. The van der Waals surface area contributed by atoms with E-state index in [0.717, 1.165) is 11.1 Å². The second-order valence-electron chi connectivity index (χ2n) is 7.73. The molecule has 5 heteroatoms. The van der Waals surface area contributed by atoms with Crippen molar-refractivity contribution in [2.75, 3.05) is 13.7 Å². The Morgan fingerprint density at radius 2 is 1.37 bits per heavy atom. The summed E-state index contributed by atoms with van der Waals surface area (Å²) in [5, 5.41) is 2.99. The Labute approximate surface area is 176 Å². The zero-order valence-electron chi connectivity index (χ0n) is 17.2. The molecule has 1 heterocycles. The van der Waals surface area contributed by atoms with E-state index < -0.39 is 5.54 Å². The maximum Gasteiger partial charge on any atom is 0.326 e. The lowest BCUT2D eigenvalue weighted by Gasteiger charge is -2.29. The monoisotopic (exact) mass is 399 g/mol. The molecule has 1 saturated heterocycles. The van der Waals surface area contributed by atoms with Crippen LogP contribution in [0, 0.1) is 6.92 Å². The van der Waals surface area contributed by atoms with E-state index in [4.69, 9.17) is 0 Å². The normalized spacial score (nSPS) is 15.5. The number of amides is 3. The molecule has 1 N–H and O–H groups in total. The molecular formula is C25H25N3O2. The summed E-state index contributed by atoms with van der Waals surface area (Å²) in [6.45, 7) is 2.92. The molecule has 5 nitrogen and oxygen atoms in total. The molecule has 0 unspecified atom stereocenters. The number of rotatable bonds is 6. The molecule has 3 amide bonds. The van der Waals surface area contributed by atoms with Gasteiger partial charge in [-0.3, -0.25) is 9.69 Å². The van der Waals surface area contributed by atoms with E-state index in [9.17, 15) is 9.59 Å². The number of benzene rings is 3. The molecule has 0 atom stereocenters. The number of urea groups is 1. The first kappa shape index (κ1) is 19.9. The lowest BCUT2D eigenvalue weighted by atomic mass is 9.83. The van der Waals surface area contributed by atoms with E-state index in [-0.39, 0.29) is 18.6 Å². The van der Waals surface area contributed by atoms with Crippen LogP contribution in [0.4, 0.5) is 4.79 Å². The number of nitrogens with zero attached hydrogens (tertiary/aromatic N) is 2. The summed E-state index contributed by atoms with van der Waals surface area (Å²) in [6.07, 6.45) is 0. The molecule has 4 rings (SSSR count). The summed E-state index contributed by atoms with van der Waals surface area (Å²) in [5.41, 5.74) is 2.63. The van der Waals surface area contributed by atoms with E-state index in [1.165, 1.54) is 16.0 Å². The highest BCUT2D eigenvalue weighted by atomic mass is 16.2. The summed E-state index contributed by atoms with van der Waals surface area (Å²) >= 11 is 0. The van der Waals surface area contributed by atoms with Gasteiger partial charge in [-0.05, 0) is 36.2 Å². The van der Waals surface area contributed by atoms with E-state index in [1.807, 2.05) is 84.7 Å². The highest BCUT2D eigenvalue weighted by molar-refractivity contribution is 6.09. The fraction of sp³-hybridized carbons (Fsp3) is 0.200. The average molecular weight is 399 g/mol. The van der Waals surface area contributed by atoms with Crippen LogP contribution >= 0.6 is 0 Å². The average Bonchev–Trinajstić information content (AvgIpc) is 3.02. The van der Waals surface area contributed by atoms with Crippen LogP contribution in [0.15, 0.2) is 84.9 Å². The van der Waals surface area contributed by atoms with Crippen molar-refractivity contribution in [1.29, 1.82) is 0 Å². The maximum atomic E-state index is 13.7. The lowest BCUT2D eigenvalue weighted by Crippen LogP contribution is -2.46. The Morgan fingerprint density at radius 3 is 1.93 bits per heavy atom. The summed E-state index contributed by atoms with van der Waals surface area (Å²) in [4.78, 5) is 30.0. The Hall–Kier alpha value is -3.44. The molecule has 1 aliphatic rings. The number of carbonyl (C=O) groups excluding carboxylic acids is 2. The molecule has 0 saturated carbocycles. The highest BCUT2D eigenvalue weighted by Crippen LogP contribution is 2.36. The van der Waals surface area contributed by atoms with E-state index >= 15 is 0 Å². The maximum absolute atomic E-state index is 13.7. The van der Waals surface area contributed by atoms with Gasteiger partial charge in [-0.25, -0.2) is 9.69 Å². The fourth-order valence-electron chi connectivity index (χ4n) is 4.01. The number of hydrogen-bond acceptors (Lipinski definition) is 3. The van der Waals surface area contributed by atoms with Crippen LogP contribution in [0.3, 0.4) is 0 Å². The topological polar surface area (TPSA) is 52.6 Å². The molecule has 3 aromatic rings. The molecular weight excluding hydrogens is 374 g/mol. The molecule has 0 radical (unpaired) electrons. The Bertz CT molecular complexity index is 1010. The zero-order valence-corrected chi connectivity index (χ0v) is 17.2. The Balaban J connectivity index is 1.65. The SMILES string of the molecule is Cc1ccccc1CN(C)CN1C(=O)NC(c2ccccc2)(c2ccccc2)C1=O. The molecule has 0 spiro atoms. The van der Waals surface area contributed by atoms with Crippen molar-refractivity contribution in [3.05, 3.63) is 107 Å². The van der Waals surface area contributed by atoms with Crippen molar-refractivity contribution in [3.63, 3.8) is 0 Å². The minimum Gasteiger partial charge on any atom is -0.315 e. The van der Waals surface area contributed by atoms with Crippen LogP contribution in [0.25, 0.3) is 0 Å². The lowest BCUT2D eigenvalue weighted by molar-refractivity contribution is -0.131. The second-order valence-corrected chi connectivity index (χ2v) is 7.73. The number of carbonyl (C=O) groups is 2. The van der Waals surface area contributed by atoms with Crippen molar-refractivity contribution in [3.8, 4) is 0 Å². The zero-order chi connectivity index (χ0) is 21.1. The quantitative estimate of drug-likeness (QED) is 0.640. The minimum atomic E-state index is -1.22. The predicted molar refractivity (Wildman–Crippen MR) is 117 cm³/mol. The van der Waals surface area contributed by atoms with Crippen molar-refractivity contribution in [2.45, 2.75) is 19.0 Å². The molecule has 30 heavy (non-hydrogen) atoms. The van der Waals surface area contributed by atoms with Gasteiger partial charge in [0.05, 0.1) is 6.67 Å². The van der Waals surface area contributed by atoms with Crippen LogP contribution in [0.5, 0.6) is 0 Å². The van der Waals surface area contributed by atoms with Crippen LogP contribution in [-0.4, -0.2) is 35.5 Å². The summed E-state index contributed by atoms with van der Waals surface area (Å²) in [6, 6.07) is 26.6. The van der Waals surface area contributed by atoms with Crippen LogP contribution in [0.1, 0.15) is 22.3 Å². The number of imide groups is 1. The van der Waals surface area contributed by atoms with Gasteiger partial charge in [0.15, 0.2) is 5.54 Å². The number of hydrogen-bond donors (Lipinski definition) is 1. The first-order chi connectivity index (χ1) is 14.5. The van der Waals surface area contributed by atoms with Gasteiger partial charge in [-0.15, -0.1) is 0 Å². The second kappa shape index (κ2) is 8.13. The Morgan fingerprint density at radius 1 is 0.833 bits per heavy atom. The van der Waals surface area contributed by atoms with Gasteiger partial charge >= 0.3 is 6.03 Å². The van der Waals surface area contributed by atoms with Crippen LogP contribution in [-0.2, 0) is 16.9 Å². The van der Waals surface area contributed by atoms with Crippen molar-refractivity contribution in [2.24, 2.45) is 0 Å². The minimum absolute atomic E-state index is 0.209.